The molecule has 4 rings (SSSR count). The minimum absolute atomic E-state index is 0.279. The largest absolute Gasteiger partial charge is 0.400 e. The van der Waals surface area contributed by atoms with Crippen LogP contribution in [0.5, 0.6) is 0 Å². The first-order chi connectivity index (χ1) is 15.1. The summed E-state index contributed by atoms with van der Waals surface area (Å²) in [5, 5.41) is 16.8. The number of hydrogen-bond donors (Lipinski definition) is 2. The molecule has 0 aliphatic rings. The zero-order valence-electron chi connectivity index (χ0n) is 17.2. The molecule has 0 unspecified atom stereocenters. The monoisotopic (exact) mass is 472 g/mol. The Balaban J connectivity index is 0.00000132. The van der Waals surface area contributed by atoms with Crippen LogP contribution in [0.2, 0.25) is 0 Å². The average Bonchev–Trinajstić information content (AvgIpc) is 2.82. The lowest BCUT2D eigenvalue weighted by Gasteiger charge is -2.17. The first kappa shape index (κ1) is 22.2. The molecule has 0 radical (unpaired) electrons. The van der Waals surface area contributed by atoms with Gasteiger partial charge in [0.25, 0.3) is 0 Å². The lowest BCUT2D eigenvalue weighted by molar-refractivity contribution is 0.399. The fraction of sp³-hybridized carbons (Fsp3) is 0.0800. The average molecular weight is 473 g/mol. The number of aliphatic hydroxyl groups excluding tert-OH is 1. The van der Waals surface area contributed by atoms with Crippen molar-refractivity contribution >= 4 is 21.6 Å². The Morgan fingerprint density at radius 2 is 1.52 bits per heavy atom. The van der Waals surface area contributed by atoms with Crippen molar-refractivity contribution in [3.05, 3.63) is 88.7 Å². The molecule has 2 aromatic carbocycles. The van der Waals surface area contributed by atoms with Crippen molar-refractivity contribution in [1.29, 1.82) is 5.26 Å². The van der Waals surface area contributed by atoms with Gasteiger partial charge in [-0.25, -0.2) is 4.98 Å². The number of benzene rings is 2. The van der Waals surface area contributed by atoms with Crippen molar-refractivity contribution in [1.82, 2.24) is 9.97 Å². The van der Waals surface area contributed by atoms with E-state index in [0.29, 0.717) is 22.6 Å². The van der Waals surface area contributed by atoms with Crippen LogP contribution >= 0.6 is 15.9 Å². The number of rotatable bonds is 3. The number of nitrogens with zero attached hydrogens (tertiary/aromatic N) is 3. The molecule has 5 nitrogen and oxygen atoms in total. The molecule has 0 aliphatic heterocycles. The van der Waals surface area contributed by atoms with Crippen molar-refractivity contribution in [2.75, 3.05) is 12.8 Å². The molecular formula is C25H21BrN4O. The third-order valence-corrected chi connectivity index (χ3v) is 5.25. The third kappa shape index (κ3) is 4.64. The predicted octanol–water partition coefficient (Wildman–Crippen LogP) is 5.61. The molecule has 0 bridgehead atoms. The highest BCUT2D eigenvalue weighted by Gasteiger charge is 2.22. The summed E-state index contributed by atoms with van der Waals surface area (Å²) in [5.74, 6) is 0. The van der Waals surface area contributed by atoms with Crippen LogP contribution in [0.15, 0.2) is 77.4 Å². The Bertz CT molecular complexity index is 1220. The maximum absolute atomic E-state index is 9.83. The summed E-state index contributed by atoms with van der Waals surface area (Å²) in [6.45, 7) is 2.04. The summed E-state index contributed by atoms with van der Waals surface area (Å²) >= 11 is 3.45. The molecule has 0 fully saturated rings. The van der Waals surface area contributed by atoms with Gasteiger partial charge in [-0.3, -0.25) is 4.98 Å². The number of aryl methyl sites for hydroxylation is 1. The molecule has 6 heteroatoms. The first-order valence-electron chi connectivity index (χ1n) is 9.51. The molecule has 0 aliphatic carbocycles. The van der Waals surface area contributed by atoms with Gasteiger partial charge in [0.05, 0.1) is 11.4 Å². The topological polar surface area (TPSA) is 95.8 Å². The van der Waals surface area contributed by atoms with E-state index in [2.05, 4.69) is 27.0 Å². The van der Waals surface area contributed by atoms with Gasteiger partial charge in [-0.1, -0.05) is 64.0 Å². The van der Waals surface area contributed by atoms with Crippen molar-refractivity contribution in [2.45, 2.75) is 6.92 Å². The maximum atomic E-state index is 9.83. The van der Waals surface area contributed by atoms with Gasteiger partial charge in [-0.05, 0) is 42.3 Å². The lowest BCUT2D eigenvalue weighted by Crippen LogP contribution is -2.04. The van der Waals surface area contributed by atoms with Crippen LogP contribution in [-0.4, -0.2) is 22.2 Å². The number of halogens is 1. The number of pyridine rings is 2. The van der Waals surface area contributed by atoms with Crippen LogP contribution in [0.3, 0.4) is 0 Å². The lowest BCUT2D eigenvalue weighted by atomic mass is 9.92. The highest BCUT2D eigenvalue weighted by Crippen LogP contribution is 2.42. The van der Waals surface area contributed by atoms with Gasteiger partial charge in [0.1, 0.15) is 11.8 Å². The Hall–Kier alpha value is -3.53. The number of anilines is 1. The molecule has 4 aromatic rings. The molecule has 2 heterocycles. The van der Waals surface area contributed by atoms with Crippen LogP contribution in [0.4, 0.5) is 5.69 Å². The van der Waals surface area contributed by atoms with E-state index in [1.54, 1.807) is 6.20 Å². The highest BCUT2D eigenvalue weighted by atomic mass is 79.9. The van der Waals surface area contributed by atoms with Gasteiger partial charge in [0, 0.05) is 28.9 Å². The quantitative estimate of drug-likeness (QED) is 0.403. The third-order valence-electron chi connectivity index (χ3n) is 4.72. The highest BCUT2D eigenvalue weighted by molar-refractivity contribution is 9.10. The number of nitriles is 1. The smallest absolute Gasteiger partial charge is 0.151 e. The predicted molar refractivity (Wildman–Crippen MR) is 128 cm³/mol. The SMILES string of the molecule is CO.Cc1ccc(-c2c(-c3ccccn3)nc(C#N)c(-c3ccc(Br)cc3)c2N)cc1. The van der Waals surface area contributed by atoms with Crippen molar-refractivity contribution in [2.24, 2.45) is 0 Å². The molecule has 2 aromatic heterocycles. The summed E-state index contributed by atoms with van der Waals surface area (Å²) in [4.78, 5) is 9.15. The molecule has 3 N–H and O–H groups in total. The molecular weight excluding hydrogens is 452 g/mol. The van der Waals surface area contributed by atoms with Gasteiger partial charge < -0.3 is 10.8 Å². The summed E-state index contributed by atoms with van der Waals surface area (Å²) in [7, 11) is 1.00. The van der Waals surface area contributed by atoms with E-state index >= 15 is 0 Å². The molecule has 0 saturated heterocycles. The van der Waals surface area contributed by atoms with Crippen molar-refractivity contribution in [3.8, 4) is 39.7 Å². The van der Waals surface area contributed by atoms with Crippen molar-refractivity contribution in [3.63, 3.8) is 0 Å². The Morgan fingerprint density at radius 1 is 0.903 bits per heavy atom. The number of nitrogens with two attached hydrogens (primary N) is 1. The molecule has 154 valence electrons. The minimum atomic E-state index is 0.279. The Kier molecular flexibility index (Phi) is 7.14. The van der Waals surface area contributed by atoms with E-state index in [4.69, 9.17) is 15.8 Å². The number of aliphatic hydroxyl groups is 1. The zero-order chi connectivity index (χ0) is 22.4. The summed E-state index contributed by atoms with van der Waals surface area (Å²) in [5.41, 5.74) is 13.1. The summed E-state index contributed by atoms with van der Waals surface area (Å²) in [6, 6.07) is 23.7. The maximum Gasteiger partial charge on any atom is 0.151 e. The van der Waals surface area contributed by atoms with Gasteiger partial charge >= 0.3 is 0 Å². The Morgan fingerprint density at radius 3 is 2.10 bits per heavy atom. The molecule has 0 atom stereocenters. The van der Waals surface area contributed by atoms with Crippen LogP contribution in [0.25, 0.3) is 33.6 Å². The van der Waals surface area contributed by atoms with E-state index in [0.717, 1.165) is 33.8 Å². The van der Waals surface area contributed by atoms with Crippen LogP contribution in [-0.2, 0) is 0 Å². The standard InChI is InChI=1S/C24H17BrN4.CH4O/c1-15-5-7-17(8-6-15)22-23(27)21(16-9-11-18(25)12-10-16)20(14-26)29-24(22)19-4-2-3-13-28-19;1-2/h2-13H,1H3,(H2,27,29);2H,1H3. The zero-order valence-corrected chi connectivity index (χ0v) is 18.8. The molecule has 0 amide bonds. The summed E-state index contributed by atoms with van der Waals surface area (Å²) in [6.07, 6.45) is 1.71. The Labute approximate surface area is 190 Å². The van der Waals surface area contributed by atoms with E-state index in [-0.39, 0.29) is 5.69 Å². The van der Waals surface area contributed by atoms with Gasteiger partial charge in [0.2, 0.25) is 0 Å². The van der Waals surface area contributed by atoms with E-state index < -0.39 is 0 Å². The van der Waals surface area contributed by atoms with Crippen molar-refractivity contribution < 1.29 is 5.11 Å². The molecule has 31 heavy (non-hydrogen) atoms. The second-order valence-electron chi connectivity index (χ2n) is 6.67. The summed E-state index contributed by atoms with van der Waals surface area (Å²) < 4.78 is 0.954. The second kappa shape index (κ2) is 9.98. The normalized spacial score (nSPS) is 10.0. The molecule has 0 saturated carbocycles. The second-order valence-corrected chi connectivity index (χ2v) is 7.59. The fourth-order valence-electron chi connectivity index (χ4n) is 3.29. The van der Waals surface area contributed by atoms with Gasteiger partial charge in [0.15, 0.2) is 5.69 Å². The minimum Gasteiger partial charge on any atom is -0.400 e. The van der Waals surface area contributed by atoms with Crippen LogP contribution in [0, 0.1) is 18.3 Å². The van der Waals surface area contributed by atoms with Gasteiger partial charge in [-0.2, -0.15) is 5.26 Å². The molecule has 0 spiro atoms. The number of nitrogen functional groups attached to an aromatic ring is 1. The number of aromatic nitrogens is 2. The van der Waals surface area contributed by atoms with Gasteiger partial charge in [-0.15, -0.1) is 0 Å². The fourth-order valence-corrected chi connectivity index (χ4v) is 3.56. The number of hydrogen-bond acceptors (Lipinski definition) is 5. The van der Waals surface area contributed by atoms with Crippen LogP contribution in [0.1, 0.15) is 11.3 Å². The van der Waals surface area contributed by atoms with E-state index in [1.165, 1.54) is 0 Å². The van der Waals surface area contributed by atoms with E-state index in [1.807, 2.05) is 73.7 Å². The first-order valence-corrected chi connectivity index (χ1v) is 10.3. The van der Waals surface area contributed by atoms with Crippen LogP contribution < -0.4 is 5.73 Å². The van der Waals surface area contributed by atoms with E-state index in [9.17, 15) is 5.26 Å².